The minimum Gasteiger partial charge on any atom is -0.759 e. The number of hydrogen-bond donors (Lipinski definition) is 0. The van der Waals surface area contributed by atoms with Crippen molar-refractivity contribution in [2.75, 3.05) is 0 Å². The first-order valence-corrected chi connectivity index (χ1v) is 10.4. The van der Waals surface area contributed by atoms with Gasteiger partial charge >= 0.3 is 129 Å². The van der Waals surface area contributed by atoms with Crippen molar-refractivity contribution >= 4 is 38.3 Å². The van der Waals surface area contributed by atoms with Gasteiger partial charge in [-0.05, 0) is 0 Å². The number of unbranched alkanes of at least 4 members (excludes halogenated alkanes) is 9. The molecule has 0 heterocycles. The third kappa shape index (κ3) is 84.0. The van der Waals surface area contributed by atoms with Gasteiger partial charge in [-0.25, -0.2) is 0 Å². The van der Waals surface area contributed by atoms with E-state index >= 15 is 0 Å². The van der Waals surface area contributed by atoms with Crippen LogP contribution in [-0.2, 0) is 36.6 Å². The summed E-state index contributed by atoms with van der Waals surface area (Å²) in [6.45, 7) is 2.29. The third-order valence-electron chi connectivity index (χ3n) is 2.71. The standard InChI is InChI=1S/C12H25.NO3.Na.H2O4S.Zr/c1-3-5-7-9-11-12-10-8-6-4-2;2-1(3)4;;1-5(2,3)4;/h1,3-12H2,2H3;;;(H2,1,2,3,4);/q;-1;;;+3/p-2. The number of rotatable bonds is 10. The molecule has 0 bridgehead atoms. The molecule has 131 valence electrons. The van der Waals surface area contributed by atoms with Gasteiger partial charge in [0.25, 0.3) is 0 Å². The van der Waals surface area contributed by atoms with Crippen LogP contribution in [-0.4, -0.2) is 50.5 Å². The van der Waals surface area contributed by atoms with Crippen molar-refractivity contribution in [3.8, 4) is 0 Å². The van der Waals surface area contributed by atoms with E-state index in [1.165, 1.54) is 95.8 Å². The largest absolute Gasteiger partial charge is 3.00 e. The van der Waals surface area contributed by atoms with Gasteiger partial charge in [0.05, 0.1) is 5.09 Å². The minimum absolute atomic E-state index is 0. The molecule has 0 aliphatic rings. The van der Waals surface area contributed by atoms with Crippen LogP contribution in [0.1, 0.15) is 71.1 Å². The second kappa shape index (κ2) is 25.2. The molecule has 0 saturated heterocycles. The molecule has 23 heavy (non-hydrogen) atoms. The van der Waals surface area contributed by atoms with Crippen molar-refractivity contribution in [1.82, 2.24) is 0 Å². The van der Waals surface area contributed by atoms with Crippen LogP contribution in [0, 0.1) is 15.3 Å². The first-order valence-electron chi connectivity index (χ1n) is 7.63. The van der Waals surface area contributed by atoms with Crippen molar-refractivity contribution < 1.29 is 48.8 Å². The summed E-state index contributed by atoms with van der Waals surface area (Å²) in [5.74, 6) is 0. The van der Waals surface area contributed by atoms with Gasteiger partial charge < -0.3 is 24.4 Å². The van der Waals surface area contributed by atoms with Crippen molar-refractivity contribution in [2.24, 2.45) is 0 Å². The summed E-state index contributed by atoms with van der Waals surface area (Å²) in [6, 6.07) is 0. The van der Waals surface area contributed by atoms with E-state index in [4.69, 9.17) is 32.8 Å². The summed E-state index contributed by atoms with van der Waals surface area (Å²) in [6.07, 6.45) is 14.7. The summed E-state index contributed by atoms with van der Waals surface area (Å²) in [4.78, 5) is 8.25. The van der Waals surface area contributed by atoms with Gasteiger partial charge in [-0.3, -0.25) is 8.42 Å². The van der Waals surface area contributed by atoms with Crippen LogP contribution in [0.5, 0.6) is 0 Å². The zero-order valence-electron chi connectivity index (χ0n) is 14.0. The van der Waals surface area contributed by atoms with Gasteiger partial charge in [-0.15, -0.1) is 0 Å². The van der Waals surface area contributed by atoms with E-state index in [1.807, 2.05) is 0 Å². The minimum atomic E-state index is -5.17. The molecule has 0 aromatic carbocycles. The van der Waals surface area contributed by atoms with Crippen LogP contribution in [0.2, 0.25) is 3.67 Å². The summed E-state index contributed by atoms with van der Waals surface area (Å²) in [5, 5.41) is 14.8. The fourth-order valence-electron chi connectivity index (χ4n) is 1.74. The van der Waals surface area contributed by atoms with Crippen LogP contribution < -0.4 is 0 Å². The molecule has 0 aliphatic carbocycles. The van der Waals surface area contributed by atoms with E-state index in [1.54, 1.807) is 0 Å². The average molecular weight is 442 g/mol. The van der Waals surface area contributed by atoms with Gasteiger partial charge in [-0.1, -0.05) is 0 Å². The summed E-state index contributed by atoms with van der Waals surface area (Å²) in [7, 11) is -5.17. The maximum atomic E-state index is 8.52. The molecule has 0 aliphatic heterocycles. The second-order valence-corrected chi connectivity index (χ2v) is 6.63. The Kier molecular flexibility index (Phi) is 34.7. The Morgan fingerprint density at radius 1 is 0.826 bits per heavy atom. The first kappa shape index (κ1) is 31.7. The van der Waals surface area contributed by atoms with Crippen molar-refractivity contribution in [1.29, 1.82) is 0 Å². The monoisotopic (exact) mass is 440 g/mol. The average Bonchev–Trinajstić information content (AvgIpc) is 2.34. The second-order valence-electron chi connectivity index (χ2n) is 4.81. The molecule has 0 rings (SSSR count). The Morgan fingerprint density at radius 3 is 1.26 bits per heavy atom. The molecule has 1 radical (unpaired) electrons. The predicted octanol–water partition coefficient (Wildman–Crippen LogP) is 2.91. The molecular weight excluding hydrogens is 416 g/mol. The molecule has 0 aromatic heterocycles. The van der Waals surface area contributed by atoms with Crippen molar-refractivity contribution in [2.45, 2.75) is 74.8 Å². The van der Waals surface area contributed by atoms with Crippen molar-refractivity contribution in [3.05, 3.63) is 15.3 Å². The topological polar surface area (TPSA) is 146 Å². The normalized spacial score (nSPS) is 9.61. The van der Waals surface area contributed by atoms with Crippen LogP contribution in [0.3, 0.4) is 0 Å². The van der Waals surface area contributed by atoms with Gasteiger partial charge in [0.1, 0.15) is 0 Å². The Labute approximate surface area is 176 Å². The maximum Gasteiger partial charge on any atom is 3.00 e. The molecule has 0 spiro atoms. The first-order chi connectivity index (χ1) is 10.1. The van der Waals surface area contributed by atoms with E-state index in [2.05, 4.69) is 6.92 Å². The van der Waals surface area contributed by atoms with Gasteiger partial charge in [-0.2, -0.15) is 0 Å². The van der Waals surface area contributed by atoms with Gasteiger partial charge in [0, 0.05) is 10.4 Å². The summed E-state index contributed by atoms with van der Waals surface area (Å²) >= 11 is 1.41. The third-order valence-corrected chi connectivity index (χ3v) is 3.41. The summed E-state index contributed by atoms with van der Waals surface area (Å²) < 4.78 is 35.6. The molecule has 11 heteroatoms. The zero-order chi connectivity index (χ0) is 17.9. The summed E-state index contributed by atoms with van der Waals surface area (Å²) in [5.41, 5.74) is 0. The Morgan fingerprint density at radius 2 is 1.04 bits per heavy atom. The number of nitrogens with zero attached hydrogens (tertiary/aromatic N) is 1. The maximum absolute atomic E-state index is 8.52. The number of hydrogen-bond acceptors (Lipinski definition) is 7. The Balaban J connectivity index is -0.000000150. The molecule has 0 atom stereocenters. The molecule has 0 N–H and O–H groups in total. The van der Waals surface area contributed by atoms with E-state index in [9.17, 15) is 0 Å². The van der Waals surface area contributed by atoms with E-state index < -0.39 is 15.5 Å². The van der Waals surface area contributed by atoms with E-state index in [-0.39, 0.29) is 26.2 Å². The Hall–Kier alpha value is 0.953. The van der Waals surface area contributed by atoms with Crippen LogP contribution in [0.15, 0.2) is 0 Å². The SMILES string of the molecule is CCCCCCCCCCC[CH2][Na].O=S(=O)([O-])[O-].O=[N+]([O-])[O-].[Zr+3]. The molecule has 0 aromatic rings. The zero-order valence-corrected chi connectivity index (χ0v) is 19.3. The van der Waals surface area contributed by atoms with Crippen LogP contribution in [0.4, 0.5) is 0 Å². The smallest absolute Gasteiger partial charge is 0.759 e. The molecule has 8 nitrogen and oxygen atoms in total. The van der Waals surface area contributed by atoms with Gasteiger partial charge in [0.2, 0.25) is 0 Å². The van der Waals surface area contributed by atoms with E-state index in [0.29, 0.717) is 0 Å². The Bertz CT molecular complexity index is 309. The van der Waals surface area contributed by atoms with Crippen molar-refractivity contribution in [3.63, 3.8) is 0 Å². The molecule has 0 unspecified atom stereocenters. The van der Waals surface area contributed by atoms with Crippen LogP contribution in [0.25, 0.3) is 0 Å². The molecular formula is C12H25NNaO7SZr. The molecule has 0 saturated carbocycles. The van der Waals surface area contributed by atoms with E-state index in [0.717, 1.165) is 0 Å². The quantitative estimate of drug-likeness (QED) is 0.126. The molecule has 0 fully saturated rings. The van der Waals surface area contributed by atoms with Gasteiger partial charge in [0.15, 0.2) is 0 Å². The predicted molar refractivity (Wildman–Crippen MR) is 83.2 cm³/mol. The fourth-order valence-corrected chi connectivity index (χ4v) is 2.24. The van der Waals surface area contributed by atoms with Crippen LogP contribution >= 0.6 is 0 Å². The fraction of sp³-hybridized carbons (Fsp3) is 1.00. The molecule has 0 amide bonds.